The van der Waals surface area contributed by atoms with Crippen LogP contribution >= 0.6 is 0 Å². The first kappa shape index (κ1) is 12.5. The van der Waals surface area contributed by atoms with E-state index >= 15 is 0 Å². The average molecular weight is 246 g/mol. The Labute approximate surface area is 106 Å². The Morgan fingerprint density at radius 2 is 2.06 bits per heavy atom. The molecule has 1 amide bonds. The van der Waals surface area contributed by atoms with Gasteiger partial charge in [0.15, 0.2) is 5.76 Å². The molecule has 1 heterocycles. The molecule has 3 N–H and O–H groups in total. The molecule has 1 aromatic heterocycles. The van der Waals surface area contributed by atoms with Gasteiger partial charge >= 0.3 is 0 Å². The maximum atomic E-state index is 11.9. The molecule has 2 aromatic rings. The summed E-state index contributed by atoms with van der Waals surface area (Å²) in [4.78, 5) is 11.9. The SMILES string of the molecule is CC(C)(C)CNC(=O)c1cc2cc(N)ccc2o1. The van der Waals surface area contributed by atoms with E-state index in [-0.39, 0.29) is 11.3 Å². The van der Waals surface area contributed by atoms with E-state index in [1.54, 1.807) is 24.3 Å². The van der Waals surface area contributed by atoms with Crippen LogP contribution in [-0.4, -0.2) is 12.5 Å². The number of rotatable bonds is 2. The van der Waals surface area contributed by atoms with Gasteiger partial charge in [0.1, 0.15) is 5.58 Å². The molecule has 0 saturated carbocycles. The summed E-state index contributed by atoms with van der Waals surface area (Å²) >= 11 is 0. The quantitative estimate of drug-likeness (QED) is 0.800. The molecule has 4 nitrogen and oxygen atoms in total. The second kappa shape index (κ2) is 4.37. The first-order valence-corrected chi connectivity index (χ1v) is 5.92. The predicted octanol–water partition coefficient (Wildman–Crippen LogP) is 2.79. The van der Waals surface area contributed by atoms with Crippen molar-refractivity contribution in [2.45, 2.75) is 20.8 Å². The fourth-order valence-electron chi connectivity index (χ4n) is 1.61. The fourth-order valence-corrected chi connectivity index (χ4v) is 1.61. The Hall–Kier alpha value is -1.97. The number of anilines is 1. The summed E-state index contributed by atoms with van der Waals surface area (Å²) in [7, 11) is 0. The number of amides is 1. The predicted molar refractivity (Wildman–Crippen MR) is 72.4 cm³/mol. The highest BCUT2D eigenvalue weighted by Crippen LogP contribution is 2.22. The van der Waals surface area contributed by atoms with E-state index in [2.05, 4.69) is 26.1 Å². The van der Waals surface area contributed by atoms with E-state index in [0.29, 0.717) is 23.6 Å². The molecule has 0 saturated heterocycles. The molecule has 0 aliphatic rings. The van der Waals surface area contributed by atoms with Crippen molar-refractivity contribution >= 4 is 22.6 Å². The van der Waals surface area contributed by atoms with Crippen molar-refractivity contribution in [1.29, 1.82) is 0 Å². The molecule has 0 unspecified atom stereocenters. The Morgan fingerprint density at radius 1 is 1.33 bits per heavy atom. The molecule has 0 atom stereocenters. The summed E-state index contributed by atoms with van der Waals surface area (Å²) < 4.78 is 5.48. The van der Waals surface area contributed by atoms with Crippen molar-refractivity contribution in [1.82, 2.24) is 5.32 Å². The minimum absolute atomic E-state index is 0.0477. The number of furan rings is 1. The van der Waals surface area contributed by atoms with Crippen molar-refractivity contribution in [3.05, 3.63) is 30.0 Å². The second-order valence-corrected chi connectivity index (χ2v) is 5.65. The number of hydrogen-bond donors (Lipinski definition) is 2. The van der Waals surface area contributed by atoms with Gasteiger partial charge in [0.05, 0.1) is 0 Å². The molecule has 0 spiro atoms. The van der Waals surface area contributed by atoms with Crippen LogP contribution in [-0.2, 0) is 0 Å². The van der Waals surface area contributed by atoms with E-state index < -0.39 is 0 Å². The number of hydrogen-bond acceptors (Lipinski definition) is 3. The molecular formula is C14H18N2O2. The molecule has 4 heteroatoms. The number of nitrogens with two attached hydrogens (primary N) is 1. The first-order valence-electron chi connectivity index (χ1n) is 5.92. The van der Waals surface area contributed by atoms with Crippen LogP contribution < -0.4 is 11.1 Å². The molecule has 0 bridgehead atoms. The van der Waals surface area contributed by atoms with E-state index in [0.717, 1.165) is 5.39 Å². The van der Waals surface area contributed by atoms with E-state index in [4.69, 9.17) is 10.2 Å². The number of nitrogen functional groups attached to an aromatic ring is 1. The van der Waals surface area contributed by atoms with Crippen LogP contribution in [0.3, 0.4) is 0 Å². The zero-order chi connectivity index (χ0) is 13.3. The second-order valence-electron chi connectivity index (χ2n) is 5.65. The zero-order valence-electron chi connectivity index (χ0n) is 10.9. The molecule has 2 rings (SSSR count). The number of carbonyl (C=O) groups is 1. The minimum atomic E-state index is -0.195. The standard InChI is InChI=1S/C14H18N2O2/c1-14(2,3)8-16-13(17)12-7-9-6-10(15)4-5-11(9)18-12/h4-7H,8,15H2,1-3H3,(H,16,17). The highest BCUT2D eigenvalue weighted by atomic mass is 16.3. The van der Waals surface area contributed by atoms with Crippen LogP contribution in [0.15, 0.2) is 28.7 Å². The number of nitrogens with one attached hydrogen (secondary N) is 1. The van der Waals surface area contributed by atoms with Gasteiger partial charge in [-0.1, -0.05) is 20.8 Å². The monoisotopic (exact) mass is 246 g/mol. The Kier molecular flexibility index (Phi) is 3.03. The highest BCUT2D eigenvalue weighted by Gasteiger charge is 2.16. The van der Waals surface area contributed by atoms with Gasteiger partial charge in [0.2, 0.25) is 0 Å². The van der Waals surface area contributed by atoms with E-state index in [9.17, 15) is 4.79 Å². The fraction of sp³-hybridized carbons (Fsp3) is 0.357. The van der Waals surface area contributed by atoms with Crippen LogP contribution in [0.5, 0.6) is 0 Å². The van der Waals surface area contributed by atoms with Crippen molar-refractivity contribution in [3.63, 3.8) is 0 Å². The molecule has 18 heavy (non-hydrogen) atoms. The van der Waals surface area contributed by atoms with Gasteiger partial charge < -0.3 is 15.5 Å². The van der Waals surface area contributed by atoms with Gasteiger partial charge in [-0.15, -0.1) is 0 Å². The molecule has 0 aliphatic carbocycles. The van der Waals surface area contributed by atoms with Gasteiger partial charge in [0.25, 0.3) is 5.91 Å². The van der Waals surface area contributed by atoms with Crippen LogP contribution in [0.1, 0.15) is 31.3 Å². The summed E-state index contributed by atoms with van der Waals surface area (Å²) in [5.74, 6) is 0.125. The van der Waals surface area contributed by atoms with Crippen LogP contribution in [0, 0.1) is 5.41 Å². The molecule has 1 aromatic carbocycles. The van der Waals surface area contributed by atoms with Gasteiger partial charge in [-0.2, -0.15) is 0 Å². The lowest BCUT2D eigenvalue weighted by molar-refractivity contribution is 0.0913. The molecular weight excluding hydrogens is 228 g/mol. The molecule has 0 aliphatic heterocycles. The number of fused-ring (bicyclic) bond motifs is 1. The van der Waals surface area contributed by atoms with Gasteiger partial charge in [-0.05, 0) is 29.7 Å². The van der Waals surface area contributed by atoms with Gasteiger partial charge in [-0.25, -0.2) is 0 Å². The average Bonchev–Trinajstić information content (AvgIpc) is 2.67. The largest absolute Gasteiger partial charge is 0.451 e. The maximum absolute atomic E-state index is 11.9. The third-order valence-corrected chi connectivity index (χ3v) is 2.54. The minimum Gasteiger partial charge on any atom is -0.451 e. The number of benzene rings is 1. The topological polar surface area (TPSA) is 68.3 Å². The van der Waals surface area contributed by atoms with Gasteiger partial charge in [0, 0.05) is 17.6 Å². The maximum Gasteiger partial charge on any atom is 0.287 e. The normalized spacial score (nSPS) is 11.7. The van der Waals surface area contributed by atoms with E-state index in [1.807, 2.05) is 0 Å². The molecule has 96 valence electrons. The number of carbonyl (C=O) groups excluding carboxylic acids is 1. The summed E-state index contributed by atoms with van der Waals surface area (Å²) in [6.07, 6.45) is 0. The van der Waals surface area contributed by atoms with Crippen molar-refractivity contribution in [2.24, 2.45) is 5.41 Å². The summed E-state index contributed by atoms with van der Waals surface area (Å²) in [6.45, 7) is 6.79. The molecule has 0 radical (unpaired) electrons. The lowest BCUT2D eigenvalue weighted by Crippen LogP contribution is -2.31. The smallest absolute Gasteiger partial charge is 0.287 e. The van der Waals surface area contributed by atoms with Gasteiger partial charge in [-0.3, -0.25) is 4.79 Å². The van der Waals surface area contributed by atoms with Crippen LogP contribution in [0.25, 0.3) is 11.0 Å². The lowest BCUT2D eigenvalue weighted by atomic mass is 9.97. The van der Waals surface area contributed by atoms with E-state index in [1.165, 1.54) is 0 Å². The highest BCUT2D eigenvalue weighted by molar-refractivity contribution is 5.96. The Morgan fingerprint density at radius 3 is 2.72 bits per heavy atom. The Balaban J connectivity index is 2.18. The Bertz CT molecular complexity index is 579. The lowest BCUT2D eigenvalue weighted by Gasteiger charge is -2.17. The summed E-state index contributed by atoms with van der Waals surface area (Å²) in [5.41, 5.74) is 7.06. The zero-order valence-corrected chi connectivity index (χ0v) is 10.9. The van der Waals surface area contributed by atoms with Crippen molar-refractivity contribution in [3.8, 4) is 0 Å². The molecule has 0 fully saturated rings. The third-order valence-electron chi connectivity index (χ3n) is 2.54. The summed E-state index contributed by atoms with van der Waals surface area (Å²) in [6, 6.07) is 7.02. The third kappa shape index (κ3) is 2.83. The first-order chi connectivity index (χ1) is 8.35. The van der Waals surface area contributed by atoms with Crippen molar-refractivity contribution < 1.29 is 9.21 Å². The van der Waals surface area contributed by atoms with Crippen LogP contribution in [0.2, 0.25) is 0 Å². The summed E-state index contributed by atoms with van der Waals surface area (Å²) in [5, 5.41) is 3.69. The van der Waals surface area contributed by atoms with Crippen LogP contribution in [0.4, 0.5) is 5.69 Å². The van der Waals surface area contributed by atoms with Crippen molar-refractivity contribution in [2.75, 3.05) is 12.3 Å².